The fourth-order valence-corrected chi connectivity index (χ4v) is 1.86. The average molecular weight is 303 g/mol. The first-order chi connectivity index (χ1) is 10.2. The molecular weight excluding hydrogens is 292 g/mol. The van der Waals surface area contributed by atoms with E-state index < -0.39 is 0 Å². The molecular formula is C13H11ClN6O. The molecule has 21 heavy (non-hydrogen) atoms. The largest absolute Gasteiger partial charge is 0.360 e. The van der Waals surface area contributed by atoms with E-state index in [1.165, 1.54) is 6.20 Å². The van der Waals surface area contributed by atoms with Crippen molar-refractivity contribution in [3.05, 3.63) is 47.3 Å². The first-order valence-electron chi connectivity index (χ1n) is 6.12. The summed E-state index contributed by atoms with van der Waals surface area (Å²) in [6.07, 6.45) is 1.49. The average Bonchev–Trinajstić information content (AvgIpc) is 2.84. The summed E-state index contributed by atoms with van der Waals surface area (Å²) in [7, 11) is 0. The van der Waals surface area contributed by atoms with E-state index in [1.54, 1.807) is 18.2 Å². The van der Waals surface area contributed by atoms with Crippen LogP contribution in [0.1, 0.15) is 5.76 Å². The minimum absolute atomic E-state index is 0.350. The molecule has 0 amide bonds. The van der Waals surface area contributed by atoms with Crippen molar-refractivity contribution < 1.29 is 4.52 Å². The van der Waals surface area contributed by atoms with Crippen molar-refractivity contribution in [1.29, 1.82) is 0 Å². The highest BCUT2D eigenvalue weighted by Gasteiger charge is 2.05. The van der Waals surface area contributed by atoms with Crippen LogP contribution < -0.4 is 10.6 Å². The quantitative estimate of drug-likeness (QED) is 0.764. The summed E-state index contributed by atoms with van der Waals surface area (Å²) in [6.45, 7) is 1.81. The molecule has 2 aromatic heterocycles. The normalized spacial score (nSPS) is 10.4. The van der Waals surface area contributed by atoms with E-state index >= 15 is 0 Å². The zero-order valence-electron chi connectivity index (χ0n) is 11.0. The van der Waals surface area contributed by atoms with Crippen LogP contribution in [0, 0.1) is 6.92 Å². The van der Waals surface area contributed by atoms with Crippen molar-refractivity contribution >= 4 is 34.9 Å². The number of benzene rings is 1. The molecule has 0 aliphatic rings. The topological polar surface area (TPSA) is 88.8 Å². The van der Waals surface area contributed by atoms with Crippen molar-refractivity contribution in [1.82, 2.24) is 20.3 Å². The second-order valence-corrected chi connectivity index (χ2v) is 4.68. The van der Waals surface area contributed by atoms with Crippen molar-refractivity contribution in [3.8, 4) is 0 Å². The molecule has 0 spiro atoms. The number of hydrogen-bond acceptors (Lipinski definition) is 7. The van der Waals surface area contributed by atoms with Gasteiger partial charge in [-0.2, -0.15) is 10.1 Å². The standard InChI is InChI=1S/C13H11ClN6O/c1-8-5-11(20-21-8)17-12-7-15-19-13(18-12)16-10-4-2-3-9(14)6-10/h2-7H,1H3,(H2,16,17,18,19,20). The Morgan fingerprint density at radius 3 is 2.81 bits per heavy atom. The minimum Gasteiger partial charge on any atom is -0.360 e. The summed E-state index contributed by atoms with van der Waals surface area (Å²) in [6, 6.07) is 9.00. The molecule has 2 N–H and O–H groups in total. The Labute approximate surface area is 125 Å². The fourth-order valence-electron chi connectivity index (χ4n) is 1.67. The Hall–Kier alpha value is -2.67. The number of aromatic nitrogens is 4. The number of nitrogens with zero attached hydrogens (tertiary/aromatic N) is 4. The highest BCUT2D eigenvalue weighted by molar-refractivity contribution is 6.30. The van der Waals surface area contributed by atoms with Crippen LogP contribution in [0.4, 0.5) is 23.3 Å². The van der Waals surface area contributed by atoms with E-state index in [2.05, 4.69) is 31.0 Å². The highest BCUT2D eigenvalue weighted by Crippen LogP contribution is 2.19. The van der Waals surface area contributed by atoms with E-state index in [0.717, 1.165) is 5.69 Å². The van der Waals surface area contributed by atoms with E-state index in [1.807, 2.05) is 19.1 Å². The molecule has 0 saturated carbocycles. The predicted octanol–water partition coefficient (Wildman–Crippen LogP) is 3.31. The zero-order chi connectivity index (χ0) is 14.7. The number of rotatable bonds is 4. The second kappa shape index (κ2) is 5.76. The van der Waals surface area contributed by atoms with Gasteiger partial charge in [-0.1, -0.05) is 22.8 Å². The van der Waals surface area contributed by atoms with Gasteiger partial charge in [0.25, 0.3) is 0 Å². The van der Waals surface area contributed by atoms with Gasteiger partial charge in [0, 0.05) is 16.8 Å². The zero-order valence-corrected chi connectivity index (χ0v) is 11.8. The molecule has 0 aliphatic heterocycles. The van der Waals surface area contributed by atoms with Gasteiger partial charge in [0.1, 0.15) is 5.76 Å². The first kappa shape index (κ1) is 13.3. The number of aryl methyl sites for hydroxylation is 1. The third-order valence-electron chi connectivity index (χ3n) is 2.52. The fraction of sp³-hybridized carbons (Fsp3) is 0.0769. The Morgan fingerprint density at radius 1 is 1.14 bits per heavy atom. The first-order valence-corrected chi connectivity index (χ1v) is 6.49. The molecule has 0 saturated heterocycles. The van der Waals surface area contributed by atoms with Crippen LogP contribution in [0.3, 0.4) is 0 Å². The third kappa shape index (κ3) is 3.46. The van der Waals surface area contributed by atoms with Crippen LogP contribution in [0.5, 0.6) is 0 Å². The predicted molar refractivity (Wildman–Crippen MR) is 79.1 cm³/mol. The maximum Gasteiger partial charge on any atom is 0.249 e. The molecule has 106 valence electrons. The van der Waals surface area contributed by atoms with E-state index in [9.17, 15) is 0 Å². The van der Waals surface area contributed by atoms with Gasteiger partial charge in [-0.25, -0.2) is 0 Å². The van der Waals surface area contributed by atoms with Crippen LogP contribution in [0.2, 0.25) is 5.02 Å². The van der Waals surface area contributed by atoms with Gasteiger partial charge in [-0.05, 0) is 25.1 Å². The van der Waals surface area contributed by atoms with Crippen molar-refractivity contribution in [2.75, 3.05) is 10.6 Å². The van der Waals surface area contributed by atoms with Gasteiger partial charge in [-0.15, -0.1) is 5.10 Å². The van der Waals surface area contributed by atoms with Gasteiger partial charge in [0.2, 0.25) is 5.95 Å². The lowest BCUT2D eigenvalue weighted by Gasteiger charge is -2.06. The molecule has 0 aliphatic carbocycles. The summed E-state index contributed by atoms with van der Waals surface area (Å²) < 4.78 is 4.97. The maximum absolute atomic E-state index is 5.92. The summed E-state index contributed by atoms with van der Waals surface area (Å²) in [5.74, 6) is 2.11. The highest BCUT2D eigenvalue weighted by atomic mass is 35.5. The van der Waals surface area contributed by atoms with E-state index in [-0.39, 0.29) is 0 Å². The van der Waals surface area contributed by atoms with E-state index in [0.29, 0.717) is 28.4 Å². The molecule has 0 atom stereocenters. The van der Waals surface area contributed by atoms with E-state index in [4.69, 9.17) is 16.1 Å². The lowest BCUT2D eigenvalue weighted by atomic mass is 10.3. The minimum atomic E-state index is 0.350. The molecule has 0 fully saturated rings. The monoisotopic (exact) mass is 302 g/mol. The Bertz CT molecular complexity index is 760. The lowest BCUT2D eigenvalue weighted by Crippen LogP contribution is -2.02. The molecule has 2 heterocycles. The lowest BCUT2D eigenvalue weighted by molar-refractivity contribution is 0.400. The van der Waals surface area contributed by atoms with Gasteiger partial charge in [0.05, 0.1) is 6.20 Å². The maximum atomic E-state index is 5.92. The molecule has 7 nitrogen and oxygen atoms in total. The van der Waals surface area contributed by atoms with Gasteiger partial charge < -0.3 is 15.2 Å². The molecule has 0 unspecified atom stereocenters. The van der Waals surface area contributed by atoms with Gasteiger partial charge in [-0.3, -0.25) is 0 Å². The molecule has 0 bridgehead atoms. The van der Waals surface area contributed by atoms with Crippen LogP contribution in [0.15, 0.2) is 41.1 Å². The summed E-state index contributed by atoms with van der Waals surface area (Å²) in [5.41, 5.74) is 0.777. The third-order valence-corrected chi connectivity index (χ3v) is 2.76. The van der Waals surface area contributed by atoms with Crippen LogP contribution in [-0.2, 0) is 0 Å². The molecule has 0 radical (unpaired) electrons. The molecule has 3 rings (SSSR count). The smallest absolute Gasteiger partial charge is 0.249 e. The molecule has 1 aromatic carbocycles. The second-order valence-electron chi connectivity index (χ2n) is 4.25. The number of nitrogens with one attached hydrogen (secondary N) is 2. The van der Waals surface area contributed by atoms with Crippen LogP contribution in [0.25, 0.3) is 0 Å². The van der Waals surface area contributed by atoms with Gasteiger partial charge in [0.15, 0.2) is 11.6 Å². The SMILES string of the molecule is Cc1cc(Nc2cnnc(Nc3cccc(Cl)c3)n2)no1. The number of hydrogen-bond donors (Lipinski definition) is 2. The summed E-state index contributed by atoms with van der Waals surface area (Å²) in [5, 5.41) is 18.2. The summed E-state index contributed by atoms with van der Waals surface area (Å²) in [4.78, 5) is 4.28. The summed E-state index contributed by atoms with van der Waals surface area (Å²) >= 11 is 5.92. The van der Waals surface area contributed by atoms with Crippen molar-refractivity contribution in [2.24, 2.45) is 0 Å². The Kier molecular flexibility index (Phi) is 3.65. The van der Waals surface area contributed by atoms with Crippen LogP contribution >= 0.6 is 11.6 Å². The number of anilines is 4. The Balaban J connectivity index is 1.76. The van der Waals surface area contributed by atoms with Gasteiger partial charge >= 0.3 is 0 Å². The number of halogens is 1. The Morgan fingerprint density at radius 2 is 2.05 bits per heavy atom. The van der Waals surface area contributed by atoms with Crippen molar-refractivity contribution in [2.45, 2.75) is 6.92 Å². The van der Waals surface area contributed by atoms with Crippen molar-refractivity contribution in [3.63, 3.8) is 0 Å². The van der Waals surface area contributed by atoms with Crippen LogP contribution in [-0.4, -0.2) is 20.3 Å². The molecule has 3 aromatic rings. The molecule has 8 heteroatoms.